The Labute approximate surface area is 110 Å². The third-order valence-electron chi connectivity index (χ3n) is 2.04. The average Bonchev–Trinajstić information content (AvgIpc) is 2.22. The van der Waals surface area contributed by atoms with Crippen LogP contribution in [0.1, 0.15) is 0 Å². The normalized spacial score (nSPS) is 10.5. The monoisotopic (exact) mass is 319 g/mol. The summed E-state index contributed by atoms with van der Waals surface area (Å²) >= 11 is 15.1. The van der Waals surface area contributed by atoms with E-state index in [4.69, 9.17) is 23.2 Å². The second-order valence-corrected chi connectivity index (χ2v) is 4.76. The summed E-state index contributed by atoms with van der Waals surface area (Å²) in [6.07, 6.45) is 1.58. The molecule has 2 aromatic rings. The number of rotatable bonds is 1. The lowest BCUT2D eigenvalue weighted by molar-refractivity contribution is 0.628. The fraction of sp³-hybridized carbons (Fsp3) is 0. The Morgan fingerprint density at radius 2 is 1.88 bits per heavy atom. The van der Waals surface area contributed by atoms with Gasteiger partial charge in [-0.05, 0) is 40.2 Å². The molecular weight excluding hydrogens is 316 g/mol. The maximum Gasteiger partial charge on any atom is 0.129 e. The summed E-state index contributed by atoms with van der Waals surface area (Å²) in [6, 6.07) is 5.89. The maximum atomic E-state index is 12.9. The van der Waals surface area contributed by atoms with E-state index in [1.807, 2.05) is 0 Å². The predicted molar refractivity (Wildman–Crippen MR) is 67.4 cm³/mol. The topological polar surface area (TPSA) is 12.9 Å². The van der Waals surface area contributed by atoms with Gasteiger partial charge in [-0.3, -0.25) is 0 Å². The number of pyridine rings is 1. The zero-order chi connectivity index (χ0) is 11.7. The standard InChI is InChI=1S/C11H5BrCl2FN/c12-9-5-16-11(14)4-8(9)7-2-1-6(15)3-10(7)13/h1-5H. The molecule has 0 fully saturated rings. The first-order valence-electron chi connectivity index (χ1n) is 4.34. The van der Waals surface area contributed by atoms with Gasteiger partial charge in [0.25, 0.3) is 0 Å². The largest absolute Gasteiger partial charge is 0.243 e. The summed E-state index contributed by atoms with van der Waals surface area (Å²) in [7, 11) is 0. The highest BCUT2D eigenvalue weighted by molar-refractivity contribution is 9.10. The number of benzene rings is 1. The zero-order valence-corrected chi connectivity index (χ0v) is 10.9. The van der Waals surface area contributed by atoms with Crippen molar-refractivity contribution >= 4 is 39.1 Å². The fourth-order valence-electron chi connectivity index (χ4n) is 1.33. The van der Waals surface area contributed by atoms with Crippen molar-refractivity contribution in [1.82, 2.24) is 4.98 Å². The highest BCUT2D eigenvalue weighted by Gasteiger charge is 2.09. The van der Waals surface area contributed by atoms with Gasteiger partial charge in [-0.1, -0.05) is 23.2 Å². The highest BCUT2D eigenvalue weighted by atomic mass is 79.9. The molecule has 0 spiro atoms. The second kappa shape index (κ2) is 4.70. The van der Waals surface area contributed by atoms with Crippen molar-refractivity contribution in [3.63, 3.8) is 0 Å². The zero-order valence-electron chi connectivity index (χ0n) is 7.85. The molecule has 0 amide bonds. The van der Waals surface area contributed by atoms with E-state index >= 15 is 0 Å². The average molecular weight is 321 g/mol. The molecule has 1 aromatic carbocycles. The molecule has 1 heterocycles. The van der Waals surface area contributed by atoms with Crippen LogP contribution in [0.3, 0.4) is 0 Å². The van der Waals surface area contributed by atoms with E-state index in [0.29, 0.717) is 15.7 Å². The molecule has 0 saturated heterocycles. The smallest absolute Gasteiger partial charge is 0.129 e. The molecule has 0 aliphatic carbocycles. The van der Waals surface area contributed by atoms with Crippen LogP contribution in [0.4, 0.5) is 4.39 Å². The summed E-state index contributed by atoms with van der Waals surface area (Å²) < 4.78 is 13.7. The number of hydrogen-bond acceptors (Lipinski definition) is 1. The Morgan fingerprint density at radius 3 is 2.56 bits per heavy atom. The van der Waals surface area contributed by atoms with Crippen LogP contribution >= 0.6 is 39.1 Å². The maximum absolute atomic E-state index is 12.9. The van der Waals surface area contributed by atoms with Crippen LogP contribution in [0.15, 0.2) is 34.9 Å². The van der Waals surface area contributed by atoms with Gasteiger partial charge in [0.1, 0.15) is 11.0 Å². The molecule has 0 aliphatic heterocycles. The SMILES string of the molecule is Fc1ccc(-c2cc(Cl)ncc2Br)c(Cl)c1. The van der Waals surface area contributed by atoms with E-state index < -0.39 is 0 Å². The molecular formula is C11H5BrCl2FN. The van der Waals surface area contributed by atoms with Crippen LogP contribution < -0.4 is 0 Å². The molecule has 5 heteroatoms. The van der Waals surface area contributed by atoms with Crippen LogP contribution in [0.25, 0.3) is 11.1 Å². The Hall–Kier alpha value is -0.640. The van der Waals surface area contributed by atoms with E-state index in [1.165, 1.54) is 12.1 Å². The number of halogens is 4. The molecule has 2 rings (SSSR count). The molecule has 16 heavy (non-hydrogen) atoms. The van der Waals surface area contributed by atoms with Crippen molar-refractivity contribution in [2.45, 2.75) is 0 Å². The van der Waals surface area contributed by atoms with Gasteiger partial charge in [0.15, 0.2) is 0 Å². The van der Waals surface area contributed by atoms with Gasteiger partial charge >= 0.3 is 0 Å². The van der Waals surface area contributed by atoms with E-state index in [-0.39, 0.29) is 5.82 Å². The summed E-state index contributed by atoms with van der Waals surface area (Å²) in [5, 5.41) is 0.696. The van der Waals surface area contributed by atoms with Crippen molar-refractivity contribution in [2.75, 3.05) is 0 Å². The van der Waals surface area contributed by atoms with Crippen LogP contribution in [-0.4, -0.2) is 4.98 Å². The summed E-state index contributed by atoms with van der Waals surface area (Å²) in [4.78, 5) is 3.91. The lowest BCUT2D eigenvalue weighted by Gasteiger charge is -2.07. The fourth-order valence-corrected chi connectivity index (χ4v) is 2.18. The van der Waals surface area contributed by atoms with E-state index in [9.17, 15) is 4.39 Å². The Kier molecular flexibility index (Phi) is 3.47. The first kappa shape index (κ1) is 11.8. The van der Waals surface area contributed by atoms with E-state index in [1.54, 1.807) is 18.3 Å². The molecule has 0 aliphatic rings. The van der Waals surface area contributed by atoms with E-state index in [0.717, 1.165) is 10.0 Å². The van der Waals surface area contributed by atoms with Gasteiger partial charge in [-0.2, -0.15) is 0 Å². The third kappa shape index (κ3) is 2.37. The van der Waals surface area contributed by atoms with Gasteiger partial charge in [0.05, 0.1) is 5.02 Å². The minimum atomic E-state index is -0.370. The van der Waals surface area contributed by atoms with Crippen LogP contribution in [-0.2, 0) is 0 Å². The molecule has 0 radical (unpaired) electrons. The van der Waals surface area contributed by atoms with Crippen molar-refractivity contribution in [1.29, 1.82) is 0 Å². The molecule has 0 bridgehead atoms. The molecule has 0 saturated carbocycles. The number of nitrogens with zero attached hydrogens (tertiary/aromatic N) is 1. The first-order chi connectivity index (χ1) is 7.58. The van der Waals surface area contributed by atoms with Crippen molar-refractivity contribution in [3.05, 3.63) is 50.9 Å². The highest BCUT2D eigenvalue weighted by Crippen LogP contribution is 2.34. The van der Waals surface area contributed by atoms with Crippen molar-refractivity contribution in [3.8, 4) is 11.1 Å². The van der Waals surface area contributed by atoms with Crippen LogP contribution in [0.2, 0.25) is 10.2 Å². The minimum Gasteiger partial charge on any atom is -0.243 e. The van der Waals surface area contributed by atoms with E-state index in [2.05, 4.69) is 20.9 Å². The summed E-state index contributed by atoms with van der Waals surface area (Å²) in [6.45, 7) is 0. The molecule has 0 atom stereocenters. The molecule has 0 N–H and O–H groups in total. The van der Waals surface area contributed by atoms with Crippen LogP contribution in [0.5, 0.6) is 0 Å². The van der Waals surface area contributed by atoms with Crippen molar-refractivity contribution in [2.24, 2.45) is 0 Å². The molecule has 0 unspecified atom stereocenters. The lowest BCUT2D eigenvalue weighted by Crippen LogP contribution is -1.85. The van der Waals surface area contributed by atoms with Gasteiger partial charge in [0, 0.05) is 21.8 Å². The Balaban J connectivity index is 2.62. The Morgan fingerprint density at radius 1 is 1.12 bits per heavy atom. The van der Waals surface area contributed by atoms with Gasteiger partial charge in [-0.25, -0.2) is 9.37 Å². The molecule has 1 nitrogen and oxygen atoms in total. The van der Waals surface area contributed by atoms with Crippen molar-refractivity contribution < 1.29 is 4.39 Å². The van der Waals surface area contributed by atoms with Gasteiger partial charge in [-0.15, -0.1) is 0 Å². The number of hydrogen-bond donors (Lipinski definition) is 0. The lowest BCUT2D eigenvalue weighted by atomic mass is 10.1. The van der Waals surface area contributed by atoms with Gasteiger partial charge < -0.3 is 0 Å². The molecule has 1 aromatic heterocycles. The summed E-state index contributed by atoms with van der Waals surface area (Å²) in [5.41, 5.74) is 1.49. The molecule has 82 valence electrons. The predicted octanol–water partition coefficient (Wildman–Crippen LogP) is 4.96. The third-order valence-corrected chi connectivity index (χ3v) is 3.19. The quantitative estimate of drug-likeness (QED) is 0.677. The second-order valence-electron chi connectivity index (χ2n) is 3.11. The first-order valence-corrected chi connectivity index (χ1v) is 5.89. The van der Waals surface area contributed by atoms with Crippen LogP contribution in [0, 0.1) is 5.82 Å². The van der Waals surface area contributed by atoms with Gasteiger partial charge in [0.2, 0.25) is 0 Å². The minimum absolute atomic E-state index is 0.336. The number of aromatic nitrogens is 1. The summed E-state index contributed by atoms with van der Waals surface area (Å²) in [5.74, 6) is -0.370. The Bertz CT molecular complexity index is 546.